The van der Waals surface area contributed by atoms with Gasteiger partial charge in [0, 0.05) is 23.3 Å². The van der Waals surface area contributed by atoms with Crippen molar-refractivity contribution in [3.8, 4) is 11.4 Å². The summed E-state index contributed by atoms with van der Waals surface area (Å²) in [6.45, 7) is 0.453. The molecular weight excluding hydrogens is 380 g/mol. The highest BCUT2D eigenvalue weighted by atomic mass is 32.2. The van der Waals surface area contributed by atoms with Gasteiger partial charge in [0.05, 0.1) is 29.7 Å². The zero-order chi connectivity index (χ0) is 19.9. The van der Waals surface area contributed by atoms with Crippen molar-refractivity contribution >= 4 is 17.7 Å². The fourth-order valence-corrected chi connectivity index (χ4v) is 4.59. The van der Waals surface area contributed by atoms with Crippen LogP contribution in [0.4, 0.5) is 0 Å². The molecule has 1 aliphatic rings. The van der Waals surface area contributed by atoms with E-state index in [0.29, 0.717) is 19.0 Å². The number of nitrogens with zero attached hydrogens (tertiary/aromatic N) is 3. The van der Waals surface area contributed by atoms with E-state index in [1.807, 2.05) is 42.6 Å². The van der Waals surface area contributed by atoms with E-state index in [2.05, 4.69) is 33.2 Å². The lowest BCUT2D eigenvalue weighted by Gasteiger charge is -2.13. The van der Waals surface area contributed by atoms with Crippen LogP contribution in [-0.4, -0.2) is 26.4 Å². The van der Waals surface area contributed by atoms with Crippen LogP contribution in [-0.2, 0) is 11.3 Å². The SMILES string of the molecule is O=C(CCSc1ccccc1)NCc1cc(-c2ccccn2)n(C2CCCC2)n1. The van der Waals surface area contributed by atoms with Crippen LogP contribution in [0.5, 0.6) is 0 Å². The maximum absolute atomic E-state index is 12.3. The molecule has 2 aromatic heterocycles. The number of hydrogen-bond donors (Lipinski definition) is 1. The molecule has 0 radical (unpaired) electrons. The zero-order valence-corrected chi connectivity index (χ0v) is 17.3. The van der Waals surface area contributed by atoms with E-state index >= 15 is 0 Å². The van der Waals surface area contributed by atoms with Gasteiger partial charge in [0.1, 0.15) is 0 Å². The summed E-state index contributed by atoms with van der Waals surface area (Å²) in [6.07, 6.45) is 7.12. The maximum Gasteiger partial charge on any atom is 0.221 e. The molecule has 1 saturated carbocycles. The number of nitrogens with one attached hydrogen (secondary N) is 1. The highest BCUT2D eigenvalue weighted by Crippen LogP contribution is 2.33. The van der Waals surface area contributed by atoms with Crippen molar-refractivity contribution in [1.82, 2.24) is 20.1 Å². The zero-order valence-electron chi connectivity index (χ0n) is 16.5. The number of thioether (sulfide) groups is 1. The molecule has 6 heteroatoms. The van der Waals surface area contributed by atoms with Crippen molar-refractivity contribution in [3.05, 3.63) is 66.5 Å². The first-order chi connectivity index (χ1) is 14.3. The van der Waals surface area contributed by atoms with Gasteiger partial charge in [-0.25, -0.2) is 0 Å². The Labute approximate surface area is 175 Å². The minimum absolute atomic E-state index is 0.0585. The second-order valence-electron chi connectivity index (χ2n) is 7.31. The summed E-state index contributed by atoms with van der Waals surface area (Å²) >= 11 is 1.70. The molecule has 0 atom stereocenters. The first-order valence-electron chi connectivity index (χ1n) is 10.2. The van der Waals surface area contributed by atoms with Crippen molar-refractivity contribution in [2.24, 2.45) is 0 Å². The molecule has 150 valence electrons. The summed E-state index contributed by atoms with van der Waals surface area (Å²) in [7, 11) is 0. The summed E-state index contributed by atoms with van der Waals surface area (Å²) in [5, 5.41) is 7.84. The Balaban J connectivity index is 1.36. The van der Waals surface area contributed by atoms with Crippen LogP contribution in [0.25, 0.3) is 11.4 Å². The van der Waals surface area contributed by atoms with Crippen molar-refractivity contribution in [2.45, 2.75) is 49.6 Å². The summed E-state index contributed by atoms with van der Waals surface area (Å²) < 4.78 is 2.13. The Morgan fingerprint density at radius 3 is 2.66 bits per heavy atom. The van der Waals surface area contributed by atoms with E-state index in [4.69, 9.17) is 5.10 Å². The molecule has 1 amide bonds. The van der Waals surface area contributed by atoms with Crippen LogP contribution in [0.2, 0.25) is 0 Å². The predicted molar refractivity (Wildman–Crippen MR) is 117 cm³/mol. The standard InChI is InChI=1S/C23H26N4OS/c28-23(13-15-29-20-10-2-1-3-11-20)25-17-18-16-22(21-12-6-7-14-24-21)27(26-18)19-8-4-5-9-19/h1-3,6-7,10-12,14,16,19H,4-5,8-9,13,15,17H2,(H,25,28). The van der Waals surface area contributed by atoms with Crippen LogP contribution in [0.1, 0.15) is 43.8 Å². The third kappa shape index (κ3) is 5.26. The molecular formula is C23H26N4OS. The van der Waals surface area contributed by atoms with Crippen LogP contribution in [0.15, 0.2) is 65.7 Å². The molecule has 2 heterocycles. The average Bonchev–Trinajstić information content (AvgIpc) is 3.43. The number of aromatic nitrogens is 3. The summed E-state index contributed by atoms with van der Waals surface area (Å²) in [6, 6.07) is 18.6. The van der Waals surface area contributed by atoms with E-state index in [0.717, 1.165) is 35.7 Å². The molecule has 1 aliphatic carbocycles. The lowest BCUT2D eigenvalue weighted by atomic mass is 10.2. The summed E-state index contributed by atoms with van der Waals surface area (Å²) in [4.78, 5) is 18.0. The van der Waals surface area contributed by atoms with Crippen LogP contribution in [0, 0.1) is 0 Å². The average molecular weight is 407 g/mol. The largest absolute Gasteiger partial charge is 0.350 e. The second-order valence-corrected chi connectivity index (χ2v) is 8.48. The normalized spacial score (nSPS) is 14.2. The van der Waals surface area contributed by atoms with Gasteiger partial charge >= 0.3 is 0 Å². The van der Waals surface area contributed by atoms with Crippen LogP contribution in [0.3, 0.4) is 0 Å². The molecule has 0 spiro atoms. The lowest BCUT2D eigenvalue weighted by Crippen LogP contribution is -2.23. The number of amides is 1. The first kappa shape index (κ1) is 19.7. The Kier molecular flexibility index (Phi) is 6.62. The number of benzene rings is 1. The molecule has 29 heavy (non-hydrogen) atoms. The highest BCUT2D eigenvalue weighted by molar-refractivity contribution is 7.99. The molecule has 1 aromatic carbocycles. The Hall–Kier alpha value is -2.60. The molecule has 0 aliphatic heterocycles. The third-order valence-electron chi connectivity index (χ3n) is 5.19. The predicted octanol–water partition coefficient (Wildman–Crippen LogP) is 4.86. The monoisotopic (exact) mass is 406 g/mol. The van der Waals surface area contributed by atoms with Gasteiger partial charge in [0.25, 0.3) is 0 Å². The molecule has 1 fully saturated rings. The molecule has 0 unspecified atom stereocenters. The molecule has 5 nitrogen and oxygen atoms in total. The van der Waals surface area contributed by atoms with Gasteiger partial charge in [-0.15, -0.1) is 11.8 Å². The first-order valence-corrected chi connectivity index (χ1v) is 11.2. The smallest absolute Gasteiger partial charge is 0.221 e. The molecule has 0 saturated heterocycles. The number of pyridine rings is 1. The number of carbonyl (C=O) groups excluding carboxylic acids is 1. The van der Waals surface area contributed by atoms with Gasteiger partial charge in [-0.3, -0.25) is 14.5 Å². The lowest BCUT2D eigenvalue weighted by molar-refractivity contribution is -0.120. The van der Waals surface area contributed by atoms with Gasteiger partial charge in [0.15, 0.2) is 0 Å². The van der Waals surface area contributed by atoms with Crippen molar-refractivity contribution < 1.29 is 4.79 Å². The van der Waals surface area contributed by atoms with E-state index in [-0.39, 0.29) is 5.91 Å². The third-order valence-corrected chi connectivity index (χ3v) is 6.21. The van der Waals surface area contributed by atoms with Crippen LogP contribution < -0.4 is 5.32 Å². The summed E-state index contributed by atoms with van der Waals surface area (Å²) in [5.41, 5.74) is 2.87. The molecule has 0 bridgehead atoms. The second kappa shape index (κ2) is 9.74. The van der Waals surface area contributed by atoms with Crippen molar-refractivity contribution in [1.29, 1.82) is 0 Å². The molecule has 4 rings (SSSR count). The fraction of sp³-hybridized carbons (Fsp3) is 0.348. The molecule has 1 N–H and O–H groups in total. The van der Waals surface area contributed by atoms with E-state index < -0.39 is 0 Å². The Morgan fingerprint density at radius 2 is 1.90 bits per heavy atom. The van der Waals surface area contributed by atoms with Gasteiger partial charge in [-0.2, -0.15) is 5.10 Å². The highest BCUT2D eigenvalue weighted by Gasteiger charge is 2.22. The quantitative estimate of drug-likeness (QED) is 0.543. The number of rotatable bonds is 8. The number of carbonyl (C=O) groups is 1. The minimum atomic E-state index is 0.0585. The van der Waals surface area contributed by atoms with Gasteiger partial charge in [-0.1, -0.05) is 37.1 Å². The van der Waals surface area contributed by atoms with E-state index in [9.17, 15) is 4.79 Å². The Morgan fingerprint density at radius 1 is 1.10 bits per heavy atom. The Bertz CT molecular complexity index is 921. The molecule has 3 aromatic rings. The van der Waals surface area contributed by atoms with Gasteiger partial charge in [-0.05, 0) is 43.2 Å². The summed E-state index contributed by atoms with van der Waals surface area (Å²) in [5.74, 6) is 0.828. The van der Waals surface area contributed by atoms with E-state index in [1.165, 1.54) is 17.7 Å². The van der Waals surface area contributed by atoms with Crippen molar-refractivity contribution in [2.75, 3.05) is 5.75 Å². The fourth-order valence-electron chi connectivity index (χ4n) is 3.72. The van der Waals surface area contributed by atoms with Crippen molar-refractivity contribution in [3.63, 3.8) is 0 Å². The minimum Gasteiger partial charge on any atom is -0.350 e. The maximum atomic E-state index is 12.3. The number of hydrogen-bond acceptors (Lipinski definition) is 4. The topological polar surface area (TPSA) is 59.8 Å². The van der Waals surface area contributed by atoms with Gasteiger partial charge < -0.3 is 5.32 Å². The van der Waals surface area contributed by atoms with Crippen LogP contribution >= 0.6 is 11.8 Å². The van der Waals surface area contributed by atoms with Gasteiger partial charge in [0.2, 0.25) is 5.91 Å². The van der Waals surface area contributed by atoms with E-state index in [1.54, 1.807) is 11.8 Å².